The molecule has 0 radical (unpaired) electrons. The molecule has 2 aliphatic heterocycles. The van der Waals surface area contributed by atoms with Crippen LogP contribution >= 0.6 is 0 Å². The van der Waals surface area contributed by atoms with Crippen LogP contribution in [0.4, 0.5) is 11.5 Å². The summed E-state index contributed by atoms with van der Waals surface area (Å²) in [4.78, 5) is 29.0. The lowest BCUT2D eigenvalue weighted by Gasteiger charge is -2.32. The molecule has 1 aromatic carbocycles. The third-order valence-electron chi connectivity index (χ3n) is 6.73. The van der Waals surface area contributed by atoms with Gasteiger partial charge < -0.3 is 10.2 Å². The monoisotopic (exact) mass is 499 g/mol. The summed E-state index contributed by atoms with van der Waals surface area (Å²) in [6.07, 6.45) is 3.74. The molecule has 10 heteroatoms. The van der Waals surface area contributed by atoms with Gasteiger partial charge in [0.1, 0.15) is 0 Å². The van der Waals surface area contributed by atoms with E-state index >= 15 is 0 Å². The molecule has 4 rings (SSSR count). The van der Waals surface area contributed by atoms with Gasteiger partial charge in [0.05, 0.1) is 21.8 Å². The number of benzene rings is 1. The van der Waals surface area contributed by atoms with Crippen LogP contribution in [0.25, 0.3) is 0 Å². The minimum Gasteiger partial charge on any atom is -0.343 e. The number of sulfone groups is 1. The van der Waals surface area contributed by atoms with E-state index in [1.807, 2.05) is 0 Å². The van der Waals surface area contributed by atoms with Crippen molar-refractivity contribution in [1.29, 1.82) is 0 Å². The van der Waals surface area contributed by atoms with Crippen LogP contribution in [0.2, 0.25) is 0 Å². The smallest absolute Gasteiger partial charge is 0.238 e. The quantitative estimate of drug-likeness (QED) is 0.594. The first-order valence-electron chi connectivity index (χ1n) is 12.2. The number of piperidine rings is 1. The molecule has 0 bridgehead atoms. The molecule has 188 valence electrons. The van der Waals surface area contributed by atoms with E-state index in [9.17, 15) is 18.0 Å². The average Bonchev–Trinajstić information content (AvgIpc) is 2.82. The van der Waals surface area contributed by atoms with E-state index < -0.39 is 15.1 Å². The van der Waals surface area contributed by atoms with Crippen LogP contribution in [0, 0.1) is 11.8 Å². The fourth-order valence-electron chi connectivity index (χ4n) is 4.39. The summed E-state index contributed by atoms with van der Waals surface area (Å²) in [7, 11) is -3.55. The molecule has 2 aliphatic rings. The highest BCUT2D eigenvalue weighted by Crippen LogP contribution is 2.30. The van der Waals surface area contributed by atoms with Crippen LogP contribution in [0.15, 0.2) is 47.5 Å². The molecule has 35 heavy (non-hydrogen) atoms. The van der Waals surface area contributed by atoms with Crippen molar-refractivity contribution in [3.63, 3.8) is 0 Å². The van der Waals surface area contributed by atoms with Crippen molar-refractivity contribution in [2.24, 2.45) is 11.8 Å². The number of amides is 2. The fraction of sp³-hybridized carbons (Fsp3) is 0.520. The molecule has 0 aliphatic carbocycles. The SMILES string of the molecule is CC(C)CCC(=O)N1CCC(S(=O)(=O)c2ccc(N(C(=O)C3CNC3)c3cccnn3)cc2)CC1. The van der Waals surface area contributed by atoms with Gasteiger partial charge in [-0.15, -0.1) is 5.10 Å². The van der Waals surface area contributed by atoms with Crippen LogP contribution in [0.1, 0.15) is 39.5 Å². The molecule has 0 unspecified atom stereocenters. The molecule has 1 N–H and O–H groups in total. The normalized spacial score (nSPS) is 17.3. The van der Waals surface area contributed by atoms with Gasteiger partial charge in [-0.2, -0.15) is 5.10 Å². The lowest BCUT2D eigenvalue weighted by molar-refractivity contribution is -0.132. The number of nitrogens with one attached hydrogen (secondary N) is 1. The van der Waals surface area contributed by atoms with Crippen LogP contribution in [0.3, 0.4) is 0 Å². The van der Waals surface area contributed by atoms with Crippen molar-refractivity contribution in [3.8, 4) is 0 Å². The summed E-state index contributed by atoms with van der Waals surface area (Å²) in [6, 6.07) is 9.82. The van der Waals surface area contributed by atoms with Crippen molar-refractivity contribution >= 4 is 33.2 Å². The molecule has 2 fully saturated rings. The topological polar surface area (TPSA) is 113 Å². The number of hydrogen-bond donors (Lipinski definition) is 1. The van der Waals surface area contributed by atoms with Crippen molar-refractivity contribution in [2.45, 2.75) is 49.7 Å². The number of likely N-dealkylation sites (tertiary alicyclic amines) is 1. The summed E-state index contributed by atoms with van der Waals surface area (Å²) >= 11 is 0. The molecular weight excluding hydrogens is 466 g/mol. The standard InChI is InChI=1S/C25H33N5O4S/c1-18(2)5-10-24(31)29-14-11-22(12-15-29)35(33,34)21-8-6-20(7-9-21)30(23-4-3-13-27-28-23)25(32)19-16-26-17-19/h3-4,6-9,13,18-19,22,26H,5,10-12,14-17H2,1-2H3. The zero-order valence-corrected chi connectivity index (χ0v) is 21.1. The van der Waals surface area contributed by atoms with Crippen LogP contribution in [-0.2, 0) is 19.4 Å². The summed E-state index contributed by atoms with van der Waals surface area (Å²) in [5.74, 6) is 0.706. The minimum atomic E-state index is -3.55. The van der Waals surface area contributed by atoms with E-state index in [1.165, 1.54) is 11.1 Å². The Balaban J connectivity index is 1.46. The molecule has 2 aromatic rings. The molecule has 2 amide bonds. The molecule has 0 saturated carbocycles. The van der Waals surface area contributed by atoms with Gasteiger partial charge in [-0.25, -0.2) is 8.42 Å². The van der Waals surface area contributed by atoms with Crippen LogP contribution in [0.5, 0.6) is 0 Å². The highest BCUT2D eigenvalue weighted by Gasteiger charge is 2.34. The number of hydrogen-bond acceptors (Lipinski definition) is 7. The van der Waals surface area contributed by atoms with E-state index in [0.29, 0.717) is 62.9 Å². The number of nitrogens with zero attached hydrogens (tertiary/aromatic N) is 4. The Kier molecular flexibility index (Phi) is 7.81. The maximum atomic E-state index is 13.3. The van der Waals surface area contributed by atoms with Gasteiger partial charge in [0.2, 0.25) is 11.8 Å². The van der Waals surface area contributed by atoms with Crippen LogP contribution < -0.4 is 10.2 Å². The van der Waals surface area contributed by atoms with Gasteiger partial charge in [0, 0.05) is 38.8 Å². The Morgan fingerprint density at radius 2 is 1.80 bits per heavy atom. The molecule has 0 atom stereocenters. The van der Waals surface area contributed by atoms with Crippen molar-refractivity contribution in [3.05, 3.63) is 42.6 Å². The van der Waals surface area contributed by atoms with E-state index in [-0.39, 0.29) is 22.6 Å². The van der Waals surface area contributed by atoms with Gasteiger partial charge in [0.25, 0.3) is 0 Å². The number of aromatic nitrogens is 2. The second-order valence-corrected chi connectivity index (χ2v) is 11.9. The summed E-state index contributed by atoms with van der Waals surface area (Å²) in [5, 5.41) is 10.6. The fourth-order valence-corrected chi connectivity index (χ4v) is 6.13. The maximum absolute atomic E-state index is 13.3. The maximum Gasteiger partial charge on any atom is 0.238 e. The van der Waals surface area contributed by atoms with Crippen molar-refractivity contribution in [2.75, 3.05) is 31.1 Å². The van der Waals surface area contributed by atoms with Crippen molar-refractivity contribution in [1.82, 2.24) is 20.4 Å². The lowest BCUT2D eigenvalue weighted by atomic mass is 10.0. The predicted octanol–water partition coefficient (Wildman–Crippen LogP) is 2.56. The van der Waals surface area contributed by atoms with Gasteiger partial charge in [-0.05, 0) is 61.6 Å². The number of rotatable bonds is 8. The largest absolute Gasteiger partial charge is 0.343 e. The van der Waals surface area contributed by atoms with E-state index in [1.54, 1.807) is 41.3 Å². The summed E-state index contributed by atoms with van der Waals surface area (Å²) < 4.78 is 26.6. The highest BCUT2D eigenvalue weighted by atomic mass is 32.2. The second kappa shape index (κ2) is 10.8. The van der Waals surface area contributed by atoms with Gasteiger partial charge in [0.15, 0.2) is 15.7 Å². The number of carbonyl (C=O) groups is 2. The third kappa shape index (κ3) is 5.70. The summed E-state index contributed by atoms with van der Waals surface area (Å²) in [6.45, 7) is 6.29. The Morgan fingerprint density at radius 1 is 1.11 bits per heavy atom. The van der Waals surface area contributed by atoms with Crippen LogP contribution in [-0.4, -0.2) is 66.8 Å². The number of carbonyl (C=O) groups excluding carboxylic acids is 2. The zero-order chi connectivity index (χ0) is 25.0. The summed E-state index contributed by atoms with van der Waals surface area (Å²) in [5.41, 5.74) is 0.548. The molecular formula is C25H33N5O4S. The molecule has 9 nitrogen and oxygen atoms in total. The van der Waals surface area contributed by atoms with E-state index in [4.69, 9.17) is 0 Å². The molecule has 2 saturated heterocycles. The molecule has 3 heterocycles. The minimum absolute atomic E-state index is 0.102. The Bertz CT molecular complexity index is 1130. The first kappa shape index (κ1) is 25.2. The Labute approximate surface area is 206 Å². The van der Waals surface area contributed by atoms with E-state index in [0.717, 1.165) is 6.42 Å². The van der Waals surface area contributed by atoms with Crippen molar-refractivity contribution < 1.29 is 18.0 Å². The second-order valence-electron chi connectivity index (χ2n) is 9.66. The lowest BCUT2D eigenvalue weighted by Crippen LogP contribution is -2.51. The average molecular weight is 500 g/mol. The Morgan fingerprint density at radius 3 is 2.34 bits per heavy atom. The van der Waals surface area contributed by atoms with Gasteiger partial charge in [-0.3, -0.25) is 14.5 Å². The van der Waals surface area contributed by atoms with E-state index in [2.05, 4.69) is 29.4 Å². The highest BCUT2D eigenvalue weighted by molar-refractivity contribution is 7.92. The Hall–Kier alpha value is -2.85. The van der Waals surface area contributed by atoms with Gasteiger partial charge in [-0.1, -0.05) is 13.8 Å². The first-order valence-corrected chi connectivity index (χ1v) is 13.8. The van der Waals surface area contributed by atoms with Gasteiger partial charge >= 0.3 is 0 Å². The molecule has 1 aromatic heterocycles. The third-order valence-corrected chi connectivity index (χ3v) is 9.01. The number of anilines is 2. The predicted molar refractivity (Wildman–Crippen MR) is 133 cm³/mol. The zero-order valence-electron chi connectivity index (χ0n) is 20.3. The molecule has 0 spiro atoms. The first-order chi connectivity index (χ1) is 16.8.